The van der Waals surface area contributed by atoms with Crippen molar-refractivity contribution in [2.75, 3.05) is 11.9 Å². The van der Waals surface area contributed by atoms with Gasteiger partial charge in [0, 0.05) is 12.2 Å². The topological polar surface area (TPSA) is 132 Å². The van der Waals surface area contributed by atoms with Crippen molar-refractivity contribution in [2.24, 2.45) is 0 Å². The summed E-state index contributed by atoms with van der Waals surface area (Å²) in [4.78, 5) is 29.0. The van der Waals surface area contributed by atoms with Gasteiger partial charge in [-0.15, -0.1) is 0 Å². The average Bonchev–Trinajstić information content (AvgIpc) is 3.13. The molecule has 0 aromatic carbocycles. The Hall–Kier alpha value is -3.77. The van der Waals surface area contributed by atoms with Crippen LogP contribution in [0, 0.1) is 11.3 Å². The number of amides is 1. The van der Waals surface area contributed by atoms with Gasteiger partial charge in [0.2, 0.25) is 0 Å². The molecule has 0 unspecified atom stereocenters. The molecular formula is C22H24N6O3. The summed E-state index contributed by atoms with van der Waals surface area (Å²) in [6.45, 7) is 6.34. The average molecular weight is 420 g/mol. The molecule has 3 heterocycles. The number of carbonyl (C=O) groups excluding carboxylic acids is 2. The normalized spacial score (nSPS) is 11.4. The van der Waals surface area contributed by atoms with Gasteiger partial charge in [-0.2, -0.15) is 10.4 Å². The van der Waals surface area contributed by atoms with E-state index in [-0.39, 0.29) is 18.2 Å². The summed E-state index contributed by atoms with van der Waals surface area (Å²) in [6.07, 6.45) is 2.91. The number of hydrogen-bond acceptors (Lipinski definition) is 7. The molecule has 0 bridgehead atoms. The Morgan fingerprint density at radius 2 is 2.00 bits per heavy atom. The van der Waals surface area contributed by atoms with Gasteiger partial charge < -0.3 is 15.7 Å². The predicted octanol–water partition coefficient (Wildman–Crippen LogP) is 2.16. The molecule has 3 N–H and O–H groups in total. The Labute approximate surface area is 179 Å². The van der Waals surface area contributed by atoms with Gasteiger partial charge in [0.15, 0.2) is 5.78 Å². The van der Waals surface area contributed by atoms with Gasteiger partial charge in [-0.1, -0.05) is 0 Å². The van der Waals surface area contributed by atoms with Crippen LogP contribution in [-0.4, -0.2) is 49.6 Å². The standard InChI is InChI=1S/C22H24N6O3/c1-13(2)27-17-8-18(19-6-5-15-7-14(9-23)10-26-28(15)19)24-11-16(17)21(30)25-12-20(29)22(3,4)31/h5-8,10-11,13,31H,12H2,1-4H3,(H,24,27)(H,25,30). The summed E-state index contributed by atoms with van der Waals surface area (Å²) in [6, 6.07) is 9.25. The third-order valence-corrected chi connectivity index (χ3v) is 4.58. The smallest absolute Gasteiger partial charge is 0.255 e. The molecule has 0 fully saturated rings. The highest BCUT2D eigenvalue weighted by molar-refractivity contribution is 6.02. The van der Waals surface area contributed by atoms with E-state index >= 15 is 0 Å². The van der Waals surface area contributed by atoms with Crippen molar-refractivity contribution < 1.29 is 14.7 Å². The Kier molecular flexibility index (Phi) is 6.04. The van der Waals surface area contributed by atoms with E-state index in [9.17, 15) is 14.7 Å². The minimum atomic E-state index is -1.52. The fourth-order valence-corrected chi connectivity index (χ4v) is 2.93. The van der Waals surface area contributed by atoms with Gasteiger partial charge in [-0.25, -0.2) is 4.52 Å². The number of aromatic nitrogens is 3. The maximum Gasteiger partial charge on any atom is 0.255 e. The number of nitrogens with zero attached hydrogens (tertiary/aromatic N) is 4. The molecule has 3 rings (SSSR count). The van der Waals surface area contributed by atoms with Gasteiger partial charge in [0.05, 0.1) is 46.5 Å². The van der Waals surface area contributed by atoms with Crippen LogP contribution in [0.3, 0.4) is 0 Å². The van der Waals surface area contributed by atoms with E-state index in [4.69, 9.17) is 5.26 Å². The summed E-state index contributed by atoms with van der Waals surface area (Å²) >= 11 is 0. The zero-order valence-electron chi connectivity index (χ0n) is 17.8. The van der Waals surface area contributed by atoms with Gasteiger partial charge in [-0.3, -0.25) is 14.6 Å². The van der Waals surface area contributed by atoms with Gasteiger partial charge in [0.25, 0.3) is 5.91 Å². The fourth-order valence-electron chi connectivity index (χ4n) is 2.93. The third-order valence-electron chi connectivity index (χ3n) is 4.58. The Bertz CT molecular complexity index is 1180. The molecule has 3 aromatic heterocycles. The minimum absolute atomic E-state index is 0.0418. The highest BCUT2D eigenvalue weighted by Gasteiger charge is 2.24. The van der Waals surface area contributed by atoms with Crippen molar-refractivity contribution >= 4 is 22.9 Å². The minimum Gasteiger partial charge on any atom is -0.383 e. The molecule has 1 amide bonds. The van der Waals surface area contributed by atoms with Crippen molar-refractivity contribution in [2.45, 2.75) is 39.3 Å². The Morgan fingerprint density at radius 3 is 2.65 bits per heavy atom. The second kappa shape index (κ2) is 8.53. The predicted molar refractivity (Wildman–Crippen MR) is 116 cm³/mol. The van der Waals surface area contributed by atoms with Gasteiger partial charge in [0.1, 0.15) is 11.7 Å². The van der Waals surface area contributed by atoms with Crippen molar-refractivity contribution in [3.05, 3.63) is 47.8 Å². The van der Waals surface area contributed by atoms with Crippen LogP contribution in [0.25, 0.3) is 16.9 Å². The molecule has 31 heavy (non-hydrogen) atoms. The van der Waals surface area contributed by atoms with Crippen LogP contribution < -0.4 is 10.6 Å². The maximum absolute atomic E-state index is 12.7. The van der Waals surface area contributed by atoms with Crippen molar-refractivity contribution in [3.63, 3.8) is 0 Å². The Morgan fingerprint density at radius 1 is 1.26 bits per heavy atom. The molecule has 0 radical (unpaired) electrons. The monoisotopic (exact) mass is 420 g/mol. The zero-order chi connectivity index (χ0) is 22.8. The van der Waals surface area contributed by atoms with E-state index in [1.54, 1.807) is 16.6 Å². The molecule has 3 aromatic rings. The van der Waals surface area contributed by atoms with Crippen molar-refractivity contribution in [1.29, 1.82) is 5.26 Å². The number of nitrogens with one attached hydrogen (secondary N) is 2. The van der Waals surface area contributed by atoms with Crippen LogP contribution in [0.15, 0.2) is 36.7 Å². The van der Waals surface area contributed by atoms with E-state index in [0.717, 1.165) is 5.52 Å². The Balaban J connectivity index is 1.94. The molecule has 0 aliphatic carbocycles. The number of nitriles is 1. The number of pyridine rings is 1. The molecule has 9 nitrogen and oxygen atoms in total. The molecular weight excluding hydrogens is 396 g/mol. The van der Waals surface area contributed by atoms with Crippen molar-refractivity contribution in [3.8, 4) is 17.5 Å². The lowest BCUT2D eigenvalue weighted by atomic mass is 10.0. The number of fused-ring (bicyclic) bond motifs is 1. The summed E-state index contributed by atoms with van der Waals surface area (Å²) < 4.78 is 1.67. The maximum atomic E-state index is 12.7. The first-order valence-corrected chi connectivity index (χ1v) is 9.79. The summed E-state index contributed by atoms with van der Waals surface area (Å²) in [5.74, 6) is -0.970. The number of carbonyl (C=O) groups is 2. The number of rotatable bonds is 7. The first kappa shape index (κ1) is 21.9. The van der Waals surface area contributed by atoms with Gasteiger partial charge in [-0.05, 0) is 52.0 Å². The number of hydrogen-bond donors (Lipinski definition) is 3. The third kappa shape index (κ3) is 4.87. The number of anilines is 1. The number of Topliss-reactive ketones (excluding diaryl/α,β-unsaturated/α-hetero) is 1. The highest BCUT2D eigenvalue weighted by atomic mass is 16.3. The molecule has 0 saturated carbocycles. The number of ketones is 1. The van der Waals surface area contributed by atoms with E-state index in [2.05, 4.69) is 26.8 Å². The van der Waals surface area contributed by atoms with Crippen LogP contribution >= 0.6 is 0 Å². The van der Waals surface area contributed by atoms with E-state index in [1.807, 2.05) is 26.0 Å². The van der Waals surface area contributed by atoms with Crippen LogP contribution in [0.4, 0.5) is 5.69 Å². The fraction of sp³-hybridized carbons (Fsp3) is 0.318. The van der Waals surface area contributed by atoms with E-state index in [0.29, 0.717) is 22.6 Å². The lowest BCUT2D eigenvalue weighted by molar-refractivity contribution is -0.132. The summed E-state index contributed by atoms with van der Waals surface area (Å²) in [7, 11) is 0. The molecule has 160 valence electrons. The van der Waals surface area contributed by atoms with Crippen LogP contribution in [0.5, 0.6) is 0 Å². The second-order valence-electron chi connectivity index (χ2n) is 7.99. The van der Waals surface area contributed by atoms with Crippen LogP contribution in [0.2, 0.25) is 0 Å². The van der Waals surface area contributed by atoms with E-state index in [1.165, 1.54) is 26.2 Å². The van der Waals surface area contributed by atoms with Crippen LogP contribution in [-0.2, 0) is 4.79 Å². The van der Waals surface area contributed by atoms with Crippen molar-refractivity contribution in [1.82, 2.24) is 19.9 Å². The quantitative estimate of drug-likeness (QED) is 0.533. The molecule has 0 aliphatic heterocycles. The summed E-state index contributed by atoms with van der Waals surface area (Å²) in [5, 5.41) is 28.9. The first-order chi connectivity index (χ1) is 14.6. The summed E-state index contributed by atoms with van der Waals surface area (Å²) in [5.41, 5.74) is 1.81. The second-order valence-corrected chi connectivity index (χ2v) is 7.99. The number of aliphatic hydroxyl groups is 1. The molecule has 0 saturated heterocycles. The lowest BCUT2D eigenvalue weighted by Crippen LogP contribution is -2.41. The lowest BCUT2D eigenvalue weighted by Gasteiger charge is -2.18. The van der Waals surface area contributed by atoms with Crippen LogP contribution in [0.1, 0.15) is 43.6 Å². The molecule has 0 aliphatic rings. The largest absolute Gasteiger partial charge is 0.383 e. The molecule has 9 heteroatoms. The SMILES string of the molecule is CC(C)Nc1cc(-c2ccc3cc(C#N)cnn23)ncc1C(=O)NCC(=O)C(C)(C)O. The first-order valence-electron chi connectivity index (χ1n) is 9.79. The zero-order valence-corrected chi connectivity index (χ0v) is 17.8. The molecule has 0 spiro atoms. The van der Waals surface area contributed by atoms with Gasteiger partial charge >= 0.3 is 0 Å². The highest BCUT2D eigenvalue weighted by Crippen LogP contribution is 2.26. The molecule has 0 atom stereocenters. The van der Waals surface area contributed by atoms with E-state index < -0.39 is 17.3 Å².